The smallest absolute Gasteiger partial charge is 0.0522 e. The van der Waals surface area contributed by atoms with E-state index in [0.717, 1.165) is 28.9 Å². The Morgan fingerprint density at radius 1 is 0.413 bits per heavy atom. The van der Waals surface area contributed by atoms with Crippen molar-refractivity contribution in [1.29, 1.82) is 0 Å². The molecule has 5 aromatic carbocycles. The van der Waals surface area contributed by atoms with Gasteiger partial charge in [-0.05, 0) is 71.0 Å². The highest BCUT2D eigenvalue weighted by molar-refractivity contribution is 5.81. The van der Waals surface area contributed by atoms with Crippen LogP contribution in [0.3, 0.4) is 0 Å². The summed E-state index contributed by atoms with van der Waals surface area (Å²) in [6.07, 6.45) is 26.0. The highest BCUT2D eigenvalue weighted by Gasteiger charge is 2.17. The van der Waals surface area contributed by atoms with Crippen molar-refractivity contribution in [3.8, 4) is 0 Å². The maximum Gasteiger partial charge on any atom is 0.0522 e. The number of benzene rings is 5. The summed E-state index contributed by atoms with van der Waals surface area (Å²) in [7, 11) is 0. The molecular weight excluding hydrogens is 555 g/mol. The Labute approximate surface area is 275 Å². The fourth-order valence-corrected chi connectivity index (χ4v) is 5.25. The molecule has 0 radical (unpaired) electrons. The summed E-state index contributed by atoms with van der Waals surface area (Å²) in [5.74, 6) is 0. The van der Waals surface area contributed by atoms with Gasteiger partial charge >= 0.3 is 0 Å². The van der Waals surface area contributed by atoms with Crippen LogP contribution in [0.5, 0.6) is 0 Å². The van der Waals surface area contributed by atoms with E-state index in [1.54, 1.807) is 0 Å². The SMILES string of the molecule is CCc1cccc(C)c1N(c1ccc(C=CC=CC=Cc2ccccc2)cc1)c1ccc(C=CC=CC=Cc2ccccc2)cc1. The lowest BCUT2D eigenvalue weighted by atomic mass is 10.0. The van der Waals surface area contributed by atoms with Crippen LogP contribution < -0.4 is 4.90 Å². The van der Waals surface area contributed by atoms with Gasteiger partial charge in [0.25, 0.3) is 0 Å². The zero-order valence-electron chi connectivity index (χ0n) is 26.7. The molecule has 0 N–H and O–H groups in total. The minimum Gasteiger partial charge on any atom is -0.310 e. The third kappa shape index (κ3) is 9.17. The van der Waals surface area contributed by atoms with Crippen molar-refractivity contribution in [3.05, 3.63) is 209 Å². The second kappa shape index (κ2) is 17.0. The van der Waals surface area contributed by atoms with E-state index in [2.05, 4.69) is 207 Å². The van der Waals surface area contributed by atoms with Gasteiger partial charge in [0.15, 0.2) is 0 Å². The Bertz CT molecular complexity index is 1720. The van der Waals surface area contributed by atoms with Gasteiger partial charge in [0.1, 0.15) is 0 Å². The average Bonchev–Trinajstić information content (AvgIpc) is 3.10. The van der Waals surface area contributed by atoms with Gasteiger partial charge in [0.2, 0.25) is 0 Å². The van der Waals surface area contributed by atoms with Gasteiger partial charge in [-0.1, -0.05) is 183 Å². The van der Waals surface area contributed by atoms with Crippen LogP contribution in [0.4, 0.5) is 17.1 Å². The standard InChI is InChI=1S/C45H41N/c1-3-42-28-18-19-37(2)45(42)46(43-33-29-40(30-34-43)26-12-6-4-10-20-38-22-14-8-15-23-38)44-35-31-41(32-36-44)27-13-7-5-11-21-39-24-16-9-17-25-39/h4-36H,3H2,1-2H3. The molecule has 0 aliphatic carbocycles. The van der Waals surface area contributed by atoms with Crippen molar-refractivity contribution in [3.63, 3.8) is 0 Å². The molecule has 46 heavy (non-hydrogen) atoms. The van der Waals surface area contributed by atoms with E-state index < -0.39 is 0 Å². The van der Waals surface area contributed by atoms with E-state index in [1.165, 1.54) is 27.9 Å². The van der Waals surface area contributed by atoms with Gasteiger partial charge in [-0.15, -0.1) is 0 Å². The zero-order chi connectivity index (χ0) is 31.8. The van der Waals surface area contributed by atoms with Gasteiger partial charge < -0.3 is 4.90 Å². The molecule has 0 saturated carbocycles. The van der Waals surface area contributed by atoms with Crippen LogP contribution in [0.25, 0.3) is 24.3 Å². The Morgan fingerprint density at radius 2 is 0.804 bits per heavy atom. The Kier molecular flexibility index (Phi) is 11.7. The largest absolute Gasteiger partial charge is 0.310 e. The van der Waals surface area contributed by atoms with E-state index in [1.807, 2.05) is 12.1 Å². The van der Waals surface area contributed by atoms with Gasteiger partial charge in [0.05, 0.1) is 5.69 Å². The molecule has 0 aliphatic heterocycles. The summed E-state index contributed by atoms with van der Waals surface area (Å²) in [6, 6.07) is 44.9. The quantitative estimate of drug-likeness (QED) is 0.130. The van der Waals surface area contributed by atoms with Crippen LogP contribution >= 0.6 is 0 Å². The van der Waals surface area contributed by atoms with E-state index in [-0.39, 0.29) is 0 Å². The molecular formula is C45H41N. The molecule has 5 rings (SSSR count). The van der Waals surface area contributed by atoms with Crippen LogP contribution in [0.15, 0.2) is 176 Å². The fourth-order valence-electron chi connectivity index (χ4n) is 5.25. The first-order valence-corrected chi connectivity index (χ1v) is 15.9. The first-order chi connectivity index (χ1) is 22.7. The molecule has 0 saturated heterocycles. The number of hydrogen-bond acceptors (Lipinski definition) is 1. The molecule has 226 valence electrons. The lowest BCUT2D eigenvalue weighted by Crippen LogP contribution is -2.13. The summed E-state index contributed by atoms with van der Waals surface area (Å²) in [5.41, 5.74) is 10.8. The van der Waals surface area contributed by atoms with Crippen LogP contribution in [0.2, 0.25) is 0 Å². The van der Waals surface area contributed by atoms with E-state index in [0.29, 0.717) is 0 Å². The summed E-state index contributed by atoms with van der Waals surface area (Å²) < 4.78 is 0. The number of aryl methyl sites for hydroxylation is 2. The Balaban J connectivity index is 1.32. The molecule has 0 unspecified atom stereocenters. The molecule has 5 aromatic rings. The normalized spacial score (nSPS) is 12.1. The molecule has 0 amide bonds. The minimum atomic E-state index is 0.964. The maximum atomic E-state index is 2.39. The first kappa shape index (κ1) is 31.8. The summed E-state index contributed by atoms with van der Waals surface area (Å²) in [5, 5.41) is 0. The second-order valence-corrected chi connectivity index (χ2v) is 11.0. The number of para-hydroxylation sites is 1. The fraction of sp³-hybridized carbons (Fsp3) is 0.0667. The molecule has 0 fully saturated rings. The predicted molar refractivity (Wildman–Crippen MR) is 203 cm³/mol. The predicted octanol–water partition coefficient (Wildman–Crippen LogP) is 12.6. The topological polar surface area (TPSA) is 3.24 Å². The van der Waals surface area contributed by atoms with Crippen molar-refractivity contribution in [2.75, 3.05) is 4.90 Å². The average molecular weight is 596 g/mol. The maximum absolute atomic E-state index is 2.39. The van der Waals surface area contributed by atoms with Crippen molar-refractivity contribution < 1.29 is 0 Å². The van der Waals surface area contributed by atoms with Crippen LogP contribution in [0, 0.1) is 6.92 Å². The molecule has 0 bridgehead atoms. The molecule has 0 spiro atoms. The number of nitrogens with zero attached hydrogens (tertiary/aromatic N) is 1. The van der Waals surface area contributed by atoms with Crippen molar-refractivity contribution in [2.45, 2.75) is 20.3 Å². The lowest BCUT2D eigenvalue weighted by Gasteiger charge is -2.29. The summed E-state index contributed by atoms with van der Waals surface area (Å²) in [4.78, 5) is 2.39. The first-order valence-electron chi connectivity index (χ1n) is 15.9. The molecule has 0 atom stereocenters. The molecule has 0 aromatic heterocycles. The van der Waals surface area contributed by atoms with Crippen LogP contribution in [-0.2, 0) is 6.42 Å². The third-order valence-electron chi connectivity index (χ3n) is 7.65. The van der Waals surface area contributed by atoms with E-state index >= 15 is 0 Å². The second-order valence-electron chi connectivity index (χ2n) is 11.0. The van der Waals surface area contributed by atoms with Gasteiger partial charge in [-0.3, -0.25) is 0 Å². The highest BCUT2D eigenvalue weighted by atomic mass is 15.1. The van der Waals surface area contributed by atoms with Gasteiger partial charge in [-0.25, -0.2) is 0 Å². The Morgan fingerprint density at radius 3 is 1.20 bits per heavy atom. The molecule has 0 heterocycles. The summed E-state index contributed by atoms with van der Waals surface area (Å²) in [6.45, 7) is 4.43. The highest BCUT2D eigenvalue weighted by Crippen LogP contribution is 2.39. The number of hydrogen-bond donors (Lipinski definition) is 0. The van der Waals surface area contributed by atoms with E-state index in [4.69, 9.17) is 0 Å². The van der Waals surface area contributed by atoms with Gasteiger partial charge in [-0.2, -0.15) is 0 Å². The van der Waals surface area contributed by atoms with Crippen LogP contribution in [-0.4, -0.2) is 0 Å². The molecule has 0 aliphatic rings. The van der Waals surface area contributed by atoms with Crippen molar-refractivity contribution in [1.82, 2.24) is 0 Å². The van der Waals surface area contributed by atoms with Crippen LogP contribution in [0.1, 0.15) is 40.3 Å². The number of rotatable bonds is 12. The Hall–Kier alpha value is -5.66. The lowest BCUT2D eigenvalue weighted by molar-refractivity contribution is 1.10. The van der Waals surface area contributed by atoms with E-state index in [9.17, 15) is 0 Å². The number of anilines is 3. The monoisotopic (exact) mass is 595 g/mol. The minimum absolute atomic E-state index is 0.964. The zero-order valence-corrected chi connectivity index (χ0v) is 26.7. The van der Waals surface area contributed by atoms with Crippen molar-refractivity contribution >= 4 is 41.4 Å². The van der Waals surface area contributed by atoms with Crippen molar-refractivity contribution in [2.24, 2.45) is 0 Å². The summed E-state index contributed by atoms with van der Waals surface area (Å²) >= 11 is 0. The van der Waals surface area contributed by atoms with Gasteiger partial charge in [0, 0.05) is 11.4 Å². The third-order valence-corrected chi connectivity index (χ3v) is 7.65. The molecule has 1 heteroatoms. The number of allylic oxidation sites excluding steroid dienone is 8. The molecule has 1 nitrogen and oxygen atoms in total.